The Labute approximate surface area is 180 Å². The molecule has 0 unspecified atom stereocenters. The Hall–Kier alpha value is -3.59. The number of nitrogens with one attached hydrogen (secondary N) is 3. The highest BCUT2D eigenvalue weighted by Gasteiger charge is 2.19. The van der Waals surface area contributed by atoms with Crippen molar-refractivity contribution in [2.24, 2.45) is 5.73 Å². The van der Waals surface area contributed by atoms with Crippen LogP contribution in [0, 0.1) is 0 Å². The molecule has 2 aromatic carbocycles. The predicted molar refractivity (Wildman–Crippen MR) is 117 cm³/mol. The molecule has 0 saturated heterocycles. The van der Waals surface area contributed by atoms with Crippen LogP contribution in [-0.4, -0.2) is 34.6 Å². The molecule has 6 N–H and O–H groups in total. The van der Waals surface area contributed by atoms with Gasteiger partial charge in [0.15, 0.2) is 0 Å². The van der Waals surface area contributed by atoms with Crippen LogP contribution in [0.15, 0.2) is 73.1 Å². The van der Waals surface area contributed by atoms with Crippen LogP contribution >= 0.6 is 0 Å². The second-order valence-electron chi connectivity index (χ2n) is 6.98. The molecule has 0 spiro atoms. The average molecular weight is 419 g/mol. The van der Waals surface area contributed by atoms with Crippen molar-refractivity contribution in [1.82, 2.24) is 21.1 Å². The molecule has 160 valence electrons. The quantitative estimate of drug-likeness (QED) is 0.265. The summed E-state index contributed by atoms with van der Waals surface area (Å²) in [6, 6.07) is 18.2. The fourth-order valence-electron chi connectivity index (χ4n) is 3.03. The molecule has 0 bridgehead atoms. The van der Waals surface area contributed by atoms with Gasteiger partial charge in [-0.25, -0.2) is 5.48 Å². The maximum Gasteiger partial charge on any atom is 0.267 e. The summed E-state index contributed by atoms with van der Waals surface area (Å²) in [6.45, 7) is 1.38. The molecule has 0 saturated carbocycles. The first-order chi connectivity index (χ1) is 15.1. The Morgan fingerprint density at radius 1 is 0.935 bits per heavy atom. The van der Waals surface area contributed by atoms with E-state index in [9.17, 15) is 9.59 Å². The fourth-order valence-corrected chi connectivity index (χ4v) is 3.03. The molecule has 2 amide bonds. The van der Waals surface area contributed by atoms with Crippen LogP contribution in [0.25, 0.3) is 11.1 Å². The minimum absolute atomic E-state index is 0.125. The van der Waals surface area contributed by atoms with Crippen LogP contribution in [0.5, 0.6) is 0 Å². The van der Waals surface area contributed by atoms with Crippen molar-refractivity contribution < 1.29 is 14.8 Å². The largest absolute Gasteiger partial charge is 0.339 e. The molecule has 31 heavy (non-hydrogen) atoms. The van der Waals surface area contributed by atoms with Gasteiger partial charge in [0.1, 0.15) is 6.04 Å². The zero-order valence-corrected chi connectivity index (χ0v) is 16.9. The third-order valence-corrected chi connectivity index (χ3v) is 4.78. The third kappa shape index (κ3) is 6.19. The van der Waals surface area contributed by atoms with Gasteiger partial charge in [-0.3, -0.25) is 19.8 Å². The smallest absolute Gasteiger partial charge is 0.267 e. The van der Waals surface area contributed by atoms with Gasteiger partial charge in [0.25, 0.3) is 11.8 Å². The fraction of sp³-hybridized carbons (Fsp3) is 0.174. The number of nitrogens with zero attached hydrogens (tertiary/aromatic N) is 1. The van der Waals surface area contributed by atoms with Crippen molar-refractivity contribution in [3.05, 3.63) is 89.7 Å². The van der Waals surface area contributed by atoms with Gasteiger partial charge in [-0.15, -0.1) is 0 Å². The molecule has 8 heteroatoms. The number of rotatable bonds is 9. The molecule has 8 nitrogen and oxygen atoms in total. The van der Waals surface area contributed by atoms with Gasteiger partial charge in [0.2, 0.25) is 0 Å². The Kier molecular flexibility index (Phi) is 7.83. The van der Waals surface area contributed by atoms with Gasteiger partial charge in [-0.05, 0) is 40.5 Å². The Balaban J connectivity index is 1.56. The maximum absolute atomic E-state index is 12.3. The molecule has 0 aliphatic rings. The van der Waals surface area contributed by atoms with Gasteiger partial charge < -0.3 is 16.4 Å². The number of benzene rings is 2. The van der Waals surface area contributed by atoms with Gasteiger partial charge in [0, 0.05) is 37.6 Å². The highest BCUT2D eigenvalue weighted by Crippen LogP contribution is 2.20. The van der Waals surface area contributed by atoms with E-state index >= 15 is 0 Å². The summed E-state index contributed by atoms with van der Waals surface area (Å²) in [5.41, 5.74) is 11.6. The number of nitrogens with two attached hydrogens (primary N) is 1. The highest BCUT2D eigenvalue weighted by atomic mass is 16.5. The summed E-state index contributed by atoms with van der Waals surface area (Å²) in [7, 11) is 0. The molecule has 1 heterocycles. The molecule has 0 fully saturated rings. The van der Waals surface area contributed by atoms with Crippen LogP contribution < -0.4 is 21.8 Å². The summed E-state index contributed by atoms with van der Waals surface area (Å²) < 4.78 is 0. The predicted octanol–water partition coefficient (Wildman–Crippen LogP) is 1.60. The molecular weight excluding hydrogens is 394 g/mol. The number of hydrogen-bond acceptors (Lipinski definition) is 6. The third-order valence-electron chi connectivity index (χ3n) is 4.78. The lowest BCUT2D eigenvalue weighted by Crippen LogP contribution is -2.50. The van der Waals surface area contributed by atoms with E-state index in [1.165, 1.54) is 11.0 Å². The lowest BCUT2D eigenvalue weighted by molar-refractivity contribution is -0.130. The first-order valence-electron chi connectivity index (χ1n) is 9.84. The molecule has 3 rings (SSSR count). The van der Waals surface area contributed by atoms with E-state index in [0.29, 0.717) is 5.56 Å². The summed E-state index contributed by atoms with van der Waals surface area (Å²) >= 11 is 0. The molecule has 0 radical (unpaired) electrons. The normalized spacial score (nSPS) is 11.5. The number of pyridine rings is 1. The van der Waals surface area contributed by atoms with E-state index in [-0.39, 0.29) is 6.54 Å². The zero-order chi connectivity index (χ0) is 22.1. The van der Waals surface area contributed by atoms with Gasteiger partial charge >= 0.3 is 0 Å². The van der Waals surface area contributed by atoms with Crippen molar-refractivity contribution in [1.29, 1.82) is 0 Å². The zero-order valence-electron chi connectivity index (χ0n) is 16.9. The van der Waals surface area contributed by atoms with E-state index in [2.05, 4.69) is 27.8 Å². The molecule has 1 aromatic heterocycles. The second-order valence-corrected chi connectivity index (χ2v) is 6.98. The second kappa shape index (κ2) is 11.0. The minimum Gasteiger partial charge on any atom is -0.339 e. The number of hydroxylamine groups is 1. The van der Waals surface area contributed by atoms with Crippen LogP contribution in [-0.2, 0) is 17.9 Å². The minimum atomic E-state index is -1.00. The Morgan fingerprint density at radius 2 is 1.58 bits per heavy atom. The molecule has 1 atom stereocenters. The van der Waals surface area contributed by atoms with Crippen LogP contribution in [0.3, 0.4) is 0 Å². The average Bonchev–Trinajstić information content (AvgIpc) is 2.83. The van der Waals surface area contributed by atoms with Crippen molar-refractivity contribution in [2.45, 2.75) is 19.1 Å². The lowest BCUT2D eigenvalue weighted by atomic mass is 10.0. The summed E-state index contributed by atoms with van der Waals surface area (Å²) in [4.78, 5) is 27.8. The SMILES string of the molecule is NC[C@H](NC(=O)c1ccc(-c2ccc(CNCc3cccnc3)cc2)cc1)C(=O)NO. The molecule has 0 aliphatic carbocycles. The van der Waals surface area contributed by atoms with Crippen LogP contribution in [0.4, 0.5) is 0 Å². The summed E-state index contributed by atoms with van der Waals surface area (Å²) in [5.74, 6) is -1.21. The number of amides is 2. The lowest BCUT2D eigenvalue weighted by Gasteiger charge is -2.14. The number of carbonyl (C=O) groups excluding carboxylic acids is 2. The first-order valence-corrected chi connectivity index (χ1v) is 9.84. The summed E-state index contributed by atoms with van der Waals surface area (Å²) in [5, 5.41) is 14.6. The molecule has 0 aliphatic heterocycles. The highest BCUT2D eigenvalue weighted by molar-refractivity contribution is 5.97. The topological polar surface area (TPSA) is 129 Å². The monoisotopic (exact) mass is 419 g/mol. The Bertz CT molecular complexity index is 992. The Morgan fingerprint density at radius 3 is 2.16 bits per heavy atom. The number of aromatic nitrogens is 1. The number of carbonyl (C=O) groups is 2. The van der Waals surface area contributed by atoms with Gasteiger partial charge in [0.05, 0.1) is 0 Å². The van der Waals surface area contributed by atoms with E-state index in [4.69, 9.17) is 10.9 Å². The maximum atomic E-state index is 12.3. The van der Waals surface area contributed by atoms with Crippen molar-refractivity contribution in [3.63, 3.8) is 0 Å². The van der Waals surface area contributed by atoms with Crippen molar-refractivity contribution in [3.8, 4) is 11.1 Å². The van der Waals surface area contributed by atoms with E-state index < -0.39 is 17.9 Å². The van der Waals surface area contributed by atoms with E-state index in [1.807, 2.05) is 42.6 Å². The van der Waals surface area contributed by atoms with Crippen molar-refractivity contribution in [2.75, 3.05) is 6.54 Å². The van der Waals surface area contributed by atoms with E-state index in [1.54, 1.807) is 18.3 Å². The van der Waals surface area contributed by atoms with Gasteiger partial charge in [-0.1, -0.05) is 42.5 Å². The standard InChI is InChI=1S/C23H25N5O3/c24-12-21(23(30)28-31)27-22(29)20-9-7-19(8-10-20)18-5-3-16(4-6-18)13-26-15-17-2-1-11-25-14-17/h1-11,14,21,26,31H,12-13,15,24H2,(H,27,29)(H,28,30)/t21-/m0/s1. The summed E-state index contributed by atoms with van der Waals surface area (Å²) in [6.07, 6.45) is 3.60. The van der Waals surface area contributed by atoms with Crippen LogP contribution in [0.2, 0.25) is 0 Å². The van der Waals surface area contributed by atoms with E-state index in [0.717, 1.165) is 29.8 Å². The van der Waals surface area contributed by atoms with Crippen LogP contribution in [0.1, 0.15) is 21.5 Å². The van der Waals surface area contributed by atoms with Crippen molar-refractivity contribution >= 4 is 11.8 Å². The molecule has 3 aromatic rings. The van der Waals surface area contributed by atoms with Gasteiger partial charge in [-0.2, -0.15) is 0 Å². The molecular formula is C23H25N5O3. The first kappa shape index (κ1) is 22.1. The number of hydrogen-bond donors (Lipinski definition) is 5.